The van der Waals surface area contributed by atoms with E-state index >= 15 is 0 Å². The van der Waals surface area contributed by atoms with Crippen LogP contribution in [0.2, 0.25) is 0 Å². The predicted molar refractivity (Wildman–Crippen MR) is 32.6 cm³/mol. The van der Waals surface area contributed by atoms with Crippen molar-refractivity contribution in [3.8, 4) is 6.07 Å². The summed E-state index contributed by atoms with van der Waals surface area (Å²) in [5.74, 6) is 0.532. The molecule has 0 aliphatic carbocycles. The fourth-order valence-electron chi connectivity index (χ4n) is 0.312. The van der Waals surface area contributed by atoms with Gasteiger partial charge >= 0.3 is 0 Å². The highest BCUT2D eigenvalue weighted by atomic mass is 14.6. The third-order valence-electron chi connectivity index (χ3n) is 0.962. The largest absolute Gasteiger partial charge is 0.275 e. The van der Waals surface area contributed by atoms with Gasteiger partial charge in [0.25, 0.3) is 13.1 Å². The molecule has 0 aliphatic rings. The molecule has 0 saturated carbocycles. The monoisotopic (exact) mass is 98.1 g/mol. The van der Waals surface area contributed by atoms with Crippen LogP contribution in [0, 0.1) is 12.0 Å². The first-order chi connectivity index (χ1) is 3.31. The van der Waals surface area contributed by atoms with Gasteiger partial charge in [-0.05, 0) is 13.3 Å². The van der Waals surface area contributed by atoms with Crippen LogP contribution in [0.1, 0.15) is 20.3 Å². The Bertz CT molecular complexity index is 86.1. The maximum absolute atomic E-state index is 3.76. The van der Waals surface area contributed by atoms with Crippen LogP contribution in [0.15, 0.2) is 0 Å². The number of hydrogen-bond acceptors (Lipinski definition) is 0. The smallest absolute Gasteiger partial charge is 0.0867 e. The van der Waals surface area contributed by atoms with Crippen LogP contribution in [-0.2, 0) is 0 Å². The second-order valence-electron chi connectivity index (χ2n) is 1.66. The van der Waals surface area contributed by atoms with Crippen LogP contribution in [-0.4, -0.2) is 7.05 Å². The third kappa shape index (κ3) is 3.32. The van der Waals surface area contributed by atoms with Crippen molar-refractivity contribution in [2.45, 2.75) is 20.3 Å². The van der Waals surface area contributed by atoms with E-state index in [4.69, 9.17) is 0 Å². The molecule has 0 aromatic rings. The van der Waals surface area contributed by atoms with Crippen LogP contribution < -0.4 is 0 Å². The summed E-state index contributed by atoms with van der Waals surface area (Å²) in [6, 6.07) is 2.92. The fourth-order valence-corrected chi connectivity index (χ4v) is 0.312. The summed E-state index contributed by atoms with van der Waals surface area (Å²) in [4.78, 5) is 3.76. The highest BCUT2D eigenvalue weighted by molar-refractivity contribution is 4.88. The normalized spacial score (nSPS) is 11.9. The lowest BCUT2D eigenvalue weighted by Crippen LogP contribution is -1.82. The van der Waals surface area contributed by atoms with Crippen LogP contribution in [0.25, 0.3) is 4.85 Å². The van der Waals surface area contributed by atoms with Crippen LogP contribution in [0.3, 0.4) is 0 Å². The van der Waals surface area contributed by atoms with E-state index in [2.05, 4.69) is 24.8 Å². The highest BCUT2D eigenvalue weighted by Gasteiger charge is 1.95. The zero-order chi connectivity index (χ0) is 5.70. The summed E-state index contributed by atoms with van der Waals surface area (Å²) >= 11 is 0. The van der Waals surface area contributed by atoms with Gasteiger partial charge in [-0.25, -0.2) is 0 Å². The fraction of sp³-hybridized carbons (Fsp3) is 0.833. The Balaban J connectivity index is 3.29. The van der Waals surface area contributed by atoms with E-state index in [1.165, 1.54) is 0 Å². The van der Waals surface area contributed by atoms with Crippen molar-refractivity contribution >= 4 is 0 Å². The zero-order valence-corrected chi connectivity index (χ0v) is 5.23. The summed E-state index contributed by atoms with van der Waals surface area (Å²) < 4.78 is 0. The molecule has 0 aromatic heterocycles. The van der Waals surface area contributed by atoms with E-state index in [1.54, 1.807) is 7.05 Å². The van der Waals surface area contributed by atoms with Crippen molar-refractivity contribution in [1.82, 2.24) is 0 Å². The molecule has 1 unspecified atom stereocenters. The molecule has 0 aliphatic heterocycles. The van der Waals surface area contributed by atoms with Crippen molar-refractivity contribution in [2.75, 3.05) is 7.05 Å². The van der Waals surface area contributed by atoms with Gasteiger partial charge in [0.1, 0.15) is 0 Å². The SMILES string of the molecule is CCC(C)C#[N+]C. The summed E-state index contributed by atoms with van der Waals surface area (Å²) in [7, 11) is 1.76. The minimum absolute atomic E-state index is 0.532. The standard InChI is InChI=1S/C6H12N/c1-4-6(2)5-7-3/h6H,4H2,1-3H3/q+1. The maximum Gasteiger partial charge on any atom is 0.275 e. The van der Waals surface area contributed by atoms with Gasteiger partial charge in [0.05, 0.1) is 5.92 Å². The third-order valence-corrected chi connectivity index (χ3v) is 0.962. The molecule has 0 radical (unpaired) electrons. The van der Waals surface area contributed by atoms with Crippen molar-refractivity contribution < 1.29 is 0 Å². The Morgan fingerprint density at radius 1 is 1.71 bits per heavy atom. The van der Waals surface area contributed by atoms with Crippen LogP contribution in [0.4, 0.5) is 0 Å². The molecule has 1 nitrogen and oxygen atoms in total. The van der Waals surface area contributed by atoms with Gasteiger partial charge in [-0.1, -0.05) is 11.8 Å². The van der Waals surface area contributed by atoms with Gasteiger partial charge in [-0.2, -0.15) is 0 Å². The molecule has 7 heavy (non-hydrogen) atoms. The molecular formula is C6H12N+. The van der Waals surface area contributed by atoms with E-state index in [9.17, 15) is 0 Å². The van der Waals surface area contributed by atoms with Gasteiger partial charge in [-0.15, -0.1) is 0 Å². The quantitative estimate of drug-likeness (QED) is 0.472. The topological polar surface area (TPSA) is 4.36 Å². The lowest BCUT2D eigenvalue weighted by Gasteiger charge is -1.83. The van der Waals surface area contributed by atoms with E-state index in [1.807, 2.05) is 0 Å². The molecule has 1 heteroatoms. The minimum atomic E-state index is 0.532. The lowest BCUT2D eigenvalue weighted by molar-refractivity contribution is 0.722. The second-order valence-corrected chi connectivity index (χ2v) is 1.66. The first-order valence-corrected chi connectivity index (χ1v) is 2.65. The molecule has 40 valence electrons. The van der Waals surface area contributed by atoms with Crippen LogP contribution in [0.5, 0.6) is 0 Å². The summed E-state index contributed by atoms with van der Waals surface area (Å²) in [6.07, 6.45) is 1.14. The van der Waals surface area contributed by atoms with Crippen molar-refractivity contribution in [3.63, 3.8) is 0 Å². The van der Waals surface area contributed by atoms with Crippen molar-refractivity contribution in [1.29, 1.82) is 0 Å². The first-order valence-electron chi connectivity index (χ1n) is 2.65. The van der Waals surface area contributed by atoms with Crippen LogP contribution >= 0.6 is 0 Å². The van der Waals surface area contributed by atoms with Gasteiger partial charge < -0.3 is 0 Å². The molecule has 0 bridgehead atoms. The Labute approximate surface area is 45.2 Å². The maximum atomic E-state index is 3.76. The number of hydrogen-bond donors (Lipinski definition) is 0. The molecule has 0 rings (SSSR count). The lowest BCUT2D eigenvalue weighted by atomic mass is 10.2. The molecule has 0 amide bonds. The summed E-state index contributed by atoms with van der Waals surface area (Å²) in [6.45, 7) is 4.23. The zero-order valence-electron chi connectivity index (χ0n) is 5.23. The Morgan fingerprint density at radius 3 is 2.43 bits per heavy atom. The molecule has 0 aromatic carbocycles. The molecule has 0 fully saturated rings. The molecule has 0 N–H and O–H groups in total. The van der Waals surface area contributed by atoms with Gasteiger partial charge in [-0.3, -0.25) is 0 Å². The minimum Gasteiger partial charge on any atom is -0.0867 e. The van der Waals surface area contributed by atoms with Gasteiger partial charge in [0, 0.05) is 0 Å². The Hall–Kier alpha value is -0.510. The Morgan fingerprint density at radius 2 is 2.29 bits per heavy atom. The van der Waals surface area contributed by atoms with Crippen molar-refractivity contribution in [2.24, 2.45) is 5.92 Å². The number of nitrogens with zero attached hydrogens (tertiary/aromatic N) is 1. The second kappa shape index (κ2) is 3.67. The average molecular weight is 98.2 g/mol. The van der Waals surface area contributed by atoms with E-state index in [0.717, 1.165) is 6.42 Å². The van der Waals surface area contributed by atoms with E-state index in [0.29, 0.717) is 5.92 Å². The first kappa shape index (κ1) is 6.49. The van der Waals surface area contributed by atoms with Gasteiger partial charge in [0.15, 0.2) is 0 Å². The van der Waals surface area contributed by atoms with E-state index in [-0.39, 0.29) is 0 Å². The summed E-state index contributed by atoms with van der Waals surface area (Å²) in [5.41, 5.74) is 0. The highest BCUT2D eigenvalue weighted by Crippen LogP contribution is 1.95. The molecular weight excluding hydrogens is 86.1 g/mol. The van der Waals surface area contributed by atoms with Gasteiger partial charge in [0.2, 0.25) is 0 Å². The molecule has 0 spiro atoms. The average Bonchev–Trinajstić information content (AvgIpc) is 1.68. The molecule has 1 atom stereocenters. The van der Waals surface area contributed by atoms with Crippen molar-refractivity contribution in [3.05, 3.63) is 4.85 Å². The Kier molecular flexibility index (Phi) is 3.40. The molecule has 0 saturated heterocycles. The predicted octanol–water partition coefficient (Wildman–Crippen LogP) is 2.00. The van der Waals surface area contributed by atoms with E-state index < -0.39 is 0 Å². The number of rotatable bonds is 1. The molecule has 0 heterocycles. The summed E-state index contributed by atoms with van der Waals surface area (Å²) in [5, 5.41) is 0.